The second-order valence-corrected chi connectivity index (χ2v) is 3.99. The quantitative estimate of drug-likeness (QED) is 0.710. The normalized spacial score (nSPS) is 19.9. The van der Waals surface area contributed by atoms with Crippen molar-refractivity contribution in [1.82, 2.24) is 9.80 Å². The van der Waals surface area contributed by atoms with Crippen LogP contribution >= 0.6 is 0 Å². The van der Waals surface area contributed by atoms with Crippen LogP contribution in [0.5, 0.6) is 0 Å². The highest BCUT2D eigenvalue weighted by atomic mass is 16.4. The first-order valence-electron chi connectivity index (χ1n) is 5.48. The van der Waals surface area contributed by atoms with Crippen LogP contribution in [0.4, 0.5) is 4.79 Å². The molecule has 1 aliphatic rings. The molecule has 0 aromatic heterocycles. The van der Waals surface area contributed by atoms with Crippen LogP contribution in [0.25, 0.3) is 0 Å². The summed E-state index contributed by atoms with van der Waals surface area (Å²) >= 11 is 0. The van der Waals surface area contributed by atoms with Crippen molar-refractivity contribution >= 4 is 12.0 Å². The van der Waals surface area contributed by atoms with Gasteiger partial charge in [-0.25, -0.2) is 4.79 Å². The van der Waals surface area contributed by atoms with Crippen molar-refractivity contribution in [2.45, 2.75) is 25.9 Å². The zero-order chi connectivity index (χ0) is 12.1. The van der Waals surface area contributed by atoms with Crippen LogP contribution in [0.15, 0.2) is 0 Å². The van der Waals surface area contributed by atoms with Gasteiger partial charge in [-0.15, -0.1) is 0 Å². The van der Waals surface area contributed by atoms with Crippen molar-refractivity contribution < 1.29 is 19.8 Å². The van der Waals surface area contributed by atoms with Gasteiger partial charge in [0.2, 0.25) is 0 Å². The van der Waals surface area contributed by atoms with Crippen molar-refractivity contribution in [3.8, 4) is 0 Å². The molecule has 92 valence electrons. The minimum atomic E-state index is -1.01. The van der Waals surface area contributed by atoms with Gasteiger partial charge in [0.1, 0.15) is 6.54 Å². The standard InChI is InChI=1S/C10H18N2O4/c1-2-4-11(7-9(14)15)10(16)12-5-3-8(13)6-12/h8,13H,2-7H2,1H3,(H,14,15). The number of carboxylic acids is 1. The number of β-amino-alcohol motifs (C(OH)–C–C–N with tert-alkyl or cyclic N) is 1. The Balaban J connectivity index is 2.56. The molecule has 6 nitrogen and oxygen atoms in total. The highest BCUT2D eigenvalue weighted by Crippen LogP contribution is 2.11. The van der Waals surface area contributed by atoms with Crippen molar-refractivity contribution in [3.63, 3.8) is 0 Å². The van der Waals surface area contributed by atoms with Crippen molar-refractivity contribution in [2.75, 3.05) is 26.2 Å². The van der Waals surface area contributed by atoms with E-state index in [9.17, 15) is 14.7 Å². The molecule has 0 radical (unpaired) electrons. The first-order chi connectivity index (χ1) is 7.54. The number of carboxylic acid groups (broad SMARTS) is 1. The van der Waals surface area contributed by atoms with Gasteiger partial charge in [-0.2, -0.15) is 0 Å². The second-order valence-electron chi connectivity index (χ2n) is 3.99. The molecular formula is C10H18N2O4. The van der Waals surface area contributed by atoms with Crippen molar-refractivity contribution in [2.24, 2.45) is 0 Å². The fraction of sp³-hybridized carbons (Fsp3) is 0.800. The van der Waals surface area contributed by atoms with Gasteiger partial charge in [-0.1, -0.05) is 6.92 Å². The van der Waals surface area contributed by atoms with Crippen molar-refractivity contribution in [1.29, 1.82) is 0 Å². The highest BCUT2D eigenvalue weighted by Gasteiger charge is 2.28. The predicted molar refractivity (Wildman–Crippen MR) is 57.1 cm³/mol. The van der Waals surface area contributed by atoms with Gasteiger partial charge in [-0.3, -0.25) is 4.79 Å². The average molecular weight is 230 g/mol. The number of rotatable bonds is 4. The van der Waals surface area contributed by atoms with Gasteiger partial charge >= 0.3 is 12.0 Å². The summed E-state index contributed by atoms with van der Waals surface area (Å²) in [5.41, 5.74) is 0. The molecule has 0 bridgehead atoms. The molecule has 0 spiro atoms. The third-order valence-electron chi connectivity index (χ3n) is 2.52. The maximum Gasteiger partial charge on any atom is 0.323 e. The Hall–Kier alpha value is -1.30. The summed E-state index contributed by atoms with van der Waals surface area (Å²) in [6.07, 6.45) is 0.811. The number of nitrogens with zero attached hydrogens (tertiary/aromatic N) is 2. The summed E-state index contributed by atoms with van der Waals surface area (Å²) in [6, 6.07) is -0.291. The van der Waals surface area contributed by atoms with Crippen LogP contribution in [-0.4, -0.2) is 64.3 Å². The molecule has 1 fully saturated rings. The zero-order valence-corrected chi connectivity index (χ0v) is 9.43. The van der Waals surface area contributed by atoms with Gasteiger partial charge in [0, 0.05) is 19.6 Å². The van der Waals surface area contributed by atoms with Crippen LogP contribution in [0.3, 0.4) is 0 Å². The first kappa shape index (κ1) is 12.8. The maximum atomic E-state index is 11.9. The molecule has 0 aliphatic carbocycles. The average Bonchev–Trinajstić information content (AvgIpc) is 2.62. The monoisotopic (exact) mass is 230 g/mol. The van der Waals surface area contributed by atoms with Crippen LogP contribution in [0.2, 0.25) is 0 Å². The molecule has 6 heteroatoms. The fourth-order valence-corrected chi connectivity index (χ4v) is 1.79. The molecule has 0 aromatic carbocycles. The van der Waals surface area contributed by atoms with Crippen LogP contribution in [-0.2, 0) is 4.79 Å². The summed E-state index contributed by atoms with van der Waals surface area (Å²) in [6.45, 7) is 2.84. The smallest absolute Gasteiger partial charge is 0.323 e. The maximum absolute atomic E-state index is 11.9. The summed E-state index contributed by atoms with van der Waals surface area (Å²) in [4.78, 5) is 25.3. The summed E-state index contributed by atoms with van der Waals surface area (Å²) in [7, 11) is 0. The van der Waals surface area contributed by atoms with Crippen LogP contribution < -0.4 is 0 Å². The molecule has 1 saturated heterocycles. The molecule has 0 saturated carbocycles. The van der Waals surface area contributed by atoms with E-state index in [4.69, 9.17) is 5.11 Å². The third-order valence-corrected chi connectivity index (χ3v) is 2.52. The highest BCUT2D eigenvalue weighted by molar-refractivity contribution is 5.80. The van der Waals surface area contributed by atoms with E-state index >= 15 is 0 Å². The predicted octanol–water partition coefficient (Wildman–Crippen LogP) is -0.0304. The molecule has 1 atom stereocenters. The van der Waals surface area contributed by atoms with Gasteiger partial charge in [-0.05, 0) is 12.8 Å². The summed E-state index contributed by atoms with van der Waals surface area (Å²) in [5.74, 6) is -1.01. The Morgan fingerprint density at radius 1 is 1.50 bits per heavy atom. The topological polar surface area (TPSA) is 81.1 Å². The van der Waals surface area contributed by atoms with Gasteiger partial charge in [0.25, 0.3) is 0 Å². The number of hydrogen-bond donors (Lipinski definition) is 2. The minimum Gasteiger partial charge on any atom is -0.480 e. The second kappa shape index (κ2) is 5.69. The largest absolute Gasteiger partial charge is 0.480 e. The Labute approximate surface area is 94.4 Å². The first-order valence-corrected chi connectivity index (χ1v) is 5.48. The molecule has 1 unspecified atom stereocenters. The van der Waals surface area contributed by atoms with E-state index in [1.54, 1.807) is 0 Å². The van der Waals surface area contributed by atoms with Gasteiger partial charge < -0.3 is 20.0 Å². The molecule has 1 aliphatic heterocycles. The number of likely N-dealkylation sites (tertiary alicyclic amines) is 1. The molecule has 2 N–H and O–H groups in total. The lowest BCUT2D eigenvalue weighted by Crippen LogP contribution is -2.45. The van der Waals surface area contributed by atoms with E-state index in [1.165, 1.54) is 9.80 Å². The Kier molecular flexibility index (Phi) is 4.54. The van der Waals surface area contributed by atoms with Gasteiger partial charge in [0.15, 0.2) is 0 Å². The number of aliphatic carboxylic acids is 1. The minimum absolute atomic E-state index is 0.279. The summed E-state index contributed by atoms with van der Waals surface area (Å²) in [5, 5.41) is 18.0. The number of amides is 2. The lowest BCUT2D eigenvalue weighted by Gasteiger charge is -2.26. The van der Waals surface area contributed by atoms with E-state index in [0.717, 1.165) is 6.42 Å². The van der Waals surface area contributed by atoms with E-state index in [0.29, 0.717) is 26.1 Å². The Morgan fingerprint density at radius 2 is 2.19 bits per heavy atom. The van der Waals surface area contributed by atoms with E-state index < -0.39 is 12.1 Å². The number of hydrogen-bond acceptors (Lipinski definition) is 3. The Bertz CT molecular complexity index is 270. The molecule has 2 amide bonds. The van der Waals surface area contributed by atoms with Crippen LogP contribution in [0.1, 0.15) is 19.8 Å². The third kappa shape index (κ3) is 3.37. The SMILES string of the molecule is CCCN(CC(=O)O)C(=O)N1CCC(O)C1. The van der Waals surface area contributed by atoms with Gasteiger partial charge in [0.05, 0.1) is 6.10 Å². The number of urea groups is 1. The molecule has 1 heterocycles. The van der Waals surface area contributed by atoms with Crippen LogP contribution in [0, 0.1) is 0 Å². The molecule has 0 aromatic rings. The lowest BCUT2D eigenvalue weighted by atomic mass is 10.3. The summed E-state index contributed by atoms with van der Waals surface area (Å²) < 4.78 is 0. The lowest BCUT2D eigenvalue weighted by molar-refractivity contribution is -0.137. The van der Waals surface area contributed by atoms with E-state index in [-0.39, 0.29) is 12.6 Å². The number of aliphatic hydroxyl groups excluding tert-OH is 1. The van der Waals surface area contributed by atoms with Crippen molar-refractivity contribution in [3.05, 3.63) is 0 Å². The van der Waals surface area contributed by atoms with E-state index in [1.807, 2.05) is 6.92 Å². The number of carbonyl (C=O) groups is 2. The Morgan fingerprint density at radius 3 is 2.62 bits per heavy atom. The molecule has 1 rings (SSSR count). The number of aliphatic hydroxyl groups is 1. The van der Waals surface area contributed by atoms with E-state index in [2.05, 4.69) is 0 Å². The molecular weight excluding hydrogens is 212 g/mol. The fourth-order valence-electron chi connectivity index (χ4n) is 1.79. The zero-order valence-electron chi connectivity index (χ0n) is 9.43. The number of carbonyl (C=O) groups excluding carboxylic acids is 1. The molecule has 16 heavy (non-hydrogen) atoms.